The third-order valence-electron chi connectivity index (χ3n) is 2.56. The van der Waals surface area contributed by atoms with Crippen molar-refractivity contribution in [2.45, 2.75) is 19.3 Å². The Labute approximate surface area is 82.0 Å². The first-order valence-electron chi connectivity index (χ1n) is 4.72. The lowest BCUT2D eigenvalue weighted by molar-refractivity contribution is 0.0693. The summed E-state index contributed by atoms with van der Waals surface area (Å²) in [6.45, 7) is 0. The molecule has 3 heteroatoms. The Kier molecular flexibility index (Phi) is 2.15. The van der Waals surface area contributed by atoms with E-state index in [1.54, 1.807) is 12.1 Å². The molecule has 3 nitrogen and oxygen atoms in total. The smallest absolute Gasteiger partial charge is 0.339 e. The number of carboxylic acid groups (broad SMARTS) is 1. The van der Waals surface area contributed by atoms with E-state index >= 15 is 0 Å². The van der Waals surface area contributed by atoms with Gasteiger partial charge in [-0.25, -0.2) is 4.79 Å². The lowest BCUT2D eigenvalue weighted by Crippen LogP contribution is -1.99. The first-order chi connectivity index (χ1) is 6.68. The van der Waals surface area contributed by atoms with E-state index in [9.17, 15) is 9.90 Å². The number of carboxylic acids is 1. The fourth-order valence-corrected chi connectivity index (χ4v) is 1.56. The number of aromatic carboxylic acids is 1. The quantitative estimate of drug-likeness (QED) is 0.770. The fraction of sp³-hybridized carbons (Fsp3) is 0.364. The van der Waals surface area contributed by atoms with Crippen LogP contribution in [0, 0.1) is 5.92 Å². The van der Waals surface area contributed by atoms with E-state index in [2.05, 4.69) is 0 Å². The molecule has 1 fully saturated rings. The van der Waals surface area contributed by atoms with Gasteiger partial charge in [0.05, 0.1) is 0 Å². The van der Waals surface area contributed by atoms with Crippen LogP contribution in [0.2, 0.25) is 0 Å². The number of rotatable bonds is 3. The predicted molar refractivity (Wildman–Crippen MR) is 51.5 cm³/mol. The Hall–Kier alpha value is -1.51. The van der Waals surface area contributed by atoms with E-state index in [4.69, 9.17) is 5.11 Å². The zero-order valence-electron chi connectivity index (χ0n) is 7.73. The van der Waals surface area contributed by atoms with Gasteiger partial charge in [0.25, 0.3) is 0 Å². The van der Waals surface area contributed by atoms with Crippen molar-refractivity contribution in [1.29, 1.82) is 0 Å². The van der Waals surface area contributed by atoms with Gasteiger partial charge in [-0.15, -0.1) is 0 Å². The Balaban J connectivity index is 2.30. The van der Waals surface area contributed by atoms with E-state index < -0.39 is 5.97 Å². The van der Waals surface area contributed by atoms with Gasteiger partial charge in [-0.1, -0.05) is 12.1 Å². The lowest BCUT2D eigenvalue weighted by Gasteiger charge is -2.05. The summed E-state index contributed by atoms with van der Waals surface area (Å²) in [6, 6.07) is 4.90. The Morgan fingerprint density at radius 3 is 2.71 bits per heavy atom. The topological polar surface area (TPSA) is 57.5 Å². The fourth-order valence-electron chi connectivity index (χ4n) is 1.56. The van der Waals surface area contributed by atoms with E-state index in [1.807, 2.05) is 0 Å². The first-order valence-corrected chi connectivity index (χ1v) is 4.72. The van der Waals surface area contributed by atoms with Gasteiger partial charge >= 0.3 is 5.97 Å². The summed E-state index contributed by atoms with van der Waals surface area (Å²) >= 11 is 0. The van der Waals surface area contributed by atoms with E-state index in [0.717, 1.165) is 12.0 Å². The monoisotopic (exact) mass is 192 g/mol. The highest BCUT2D eigenvalue weighted by Crippen LogP contribution is 2.35. The predicted octanol–water partition coefficient (Wildman–Crippen LogP) is 2.04. The zero-order valence-corrected chi connectivity index (χ0v) is 7.73. The van der Waals surface area contributed by atoms with Crippen LogP contribution in [0.25, 0.3) is 0 Å². The molecule has 0 unspecified atom stereocenters. The molecule has 1 aromatic carbocycles. The number of aromatic hydroxyl groups is 1. The molecule has 2 rings (SSSR count). The molecule has 0 aromatic heterocycles. The van der Waals surface area contributed by atoms with Gasteiger partial charge in [0.1, 0.15) is 11.3 Å². The number of hydrogen-bond acceptors (Lipinski definition) is 2. The summed E-state index contributed by atoms with van der Waals surface area (Å²) in [5.41, 5.74) is 0.760. The molecular weight excluding hydrogens is 180 g/mol. The number of benzene rings is 1. The second kappa shape index (κ2) is 3.33. The molecule has 74 valence electrons. The molecule has 0 atom stereocenters. The van der Waals surface area contributed by atoms with Crippen LogP contribution in [0.3, 0.4) is 0 Å². The molecule has 2 N–H and O–H groups in total. The zero-order chi connectivity index (χ0) is 10.1. The highest BCUT2D eigenvalue weighted by Gasteiger charge is 2.24. The van der Waals surface area contributed by atoms with Gasteiger partial charge in [0, 0.05) is 0 Å². The maximum atomic E-state index is 10.7. The van der Waals surface area contributed by atoms with Crippen molar-refractivity contribution in [3.63, 3.8) is 0 Å². The molecule has 0 spiro atoms. The van der Waals surface area contributed by atoms with E-state index in [1.165, 1.54) is 18.9 Å². The van der Waals surface area contributed by atoms with Crippen LogP contribution in [0.15, 0.2) is 18.2 Å². The van der Waals surface area contributed by atoms with Crippen LogP contribution in [0.1, 0.15) is 28.8 Å². The van der Waals surface area contributed by atoms with Gasteiger partial charge in [-0.3, -0.25) is 0 Å². The molecule has 0 heterocycles. The Morgan fingerprint density at radius 1 is 1.43 bits per heavy atom. The Morgan fingerprint density at radius 2 is 2.14 bits per heavy atom. The van der Waals surface area contributed by atoms with Crippen LogP contribution in [0.5, 0.6) is 5.75 Å². The van der Waals surface area contributed by atoms with Crippen LogP contribution in [0.4, 0.5) is 0 Å². The van der Waals surface area contributed by atoms with Crippen molar-refractivity contribution in [2.75, 3.05) is 0 Å². The molecule has 0 aliphatic heterocycles. The molecule has 0 saturated heterocycles. The molecule has 1 aliphatic carbocycles. The van der Waals surface area contributed by atoms with Crippen LogP contribution >= 0.6 is 0 Å². The average Bonchev–Trinajstić information content (AvgIpc) is 2.92. The highest BCUT2D eigenvalue weighted by atomic mass is 16.4. The van der Waals surface area contributed by atoms with Crippen LogP contribution < -0.4 is 0 Å². The van der Waals surface area contributed by atoms with Crippen LogP contribution in [-0.4, -0.2) is 16.2 Å². The number of phenols is 1. The molecule has 1 aromatic rings. The highest BCUT2D eigenvalue weighted by molar-refractivity contribution is 5.91. The van der Waals surface area contributed by atoms with E-state index in [0.29, 0.717) is 5.92 Å². The third kappa shape index (κ3) is 1.71. The largest absolute Gasteiger partial charge is 0.507 e. The standard InChI is InChI=1S/C11H12O3/c12-10-8(6-7-4-5-7)2-1-3-9(10)11(13)14/h1-3,7,12H,4-6H2,(H,13,14). The number of carbonyl (C=O) groups is 1. The molecule has 0 radical (unpaired) electrons. The Bertz CT molecular complexity index is 367. The van der Waals surface area contributed by atoms with Crippen molar-refractivity contribution in [3.8, 4) is 5.75 Å². The van der Waals surface area contributed by atoms with Crippen molar-refractivity contribution in [3.05, 3.63) is 29.3 Å². The molecule has 14 heavy (non-hydrogen) atoms. The van der Waals surface area contributed by atoms with Crippen molar-refractivity contribution in [1.82, 2.24) is 0 Å². The average molecular weight is 192 g/mol. The minimum Gasteiger partial charge on any atom is -0.507 e. The molecule has 0 bridgehead atoms. The van der Waals surface area contributed by atoms with Gasteiger partial charge in [-0.05, 0) is 36.8 Å². The van der Waals surface area contributed by atoms with Crippen molar-refractivity contribution < 1.29 is 15.0 Å². The maximum Gasteiger partial charge on any atom is 0.339 e. The van der Waals surface area contributed by atoms with Gasteiger partial charge < -0.3 is 10.2 Å². The molecule has 1 saturated carbocycles. The minimum absolute atomic E-state index is 0.00292. The normalized spacial score (nSPS) is 15.4. The second-order valence-corrected chi connectivity index (χ2v) is 3.77. The number of para-hydroxylation sites is 1. The summed E-state index contributed by atoms with van der Waals surface area (Å²) in [4.78, 5) is 10.7. The van der Waals surface area contributed by atoms with Gasteiger partial charge in [-0.2, -0.15) is 0 Å². The van der Waals surface area contributed by atoms with E-state index in [-0.39, 0.29) is 11.3 Å². The van der Waals surface area contributed by atoms with Gasteiger partial charge in [0.15, 0.2) is 0 Å². The first kappa shape index (κ1) is 9.06. The van der Waals surface area contributed by atoms with Crippen molar-refractivity contribution >= 4 is 5.97 Å². The van der Waals surface area contributed by atoms with Crippen molar-refractivity contribution in [2.24, 2.45) is 5.92 Å². The summed E-state index contributed by atoms with van der Waals surface area (Å²) in [5, 5.41) is 18.4. The maximum absolute atomic E-state index is 10.7. The molecule has 1 aliphatic rings. The second-order valence-electron chi connectivity index (χ2n) is 3.77. The SMILES string of the molecule is O=C(O)c1cccc(CC2CC2)c1O. The third-order valence-corrected chi connectivity index (χ3v) is 2.56. The van der Waals surface area contributed by atoms with Crippen LogP contribution in [-0.2, 0) is 6.42 Å². The lowest BCUT2D eigenvalue weighted by atomic mass is 10.0. The molecule has 0 amide bonds. The molecular formula is C11H12O3. The summed E-state index contributed by atoms with van der Waals surface area (Å²) < 4.78 is 0. The summed E-state index contributed by atoms with van der Waals surface area (Å²) in [6.07, 6.45) is 3.18. The summed E-state index contributed by atoms with van der Waals surface area (Å²) in [5.74, 6) is -0.489. The van der Waals surface area contributed by atoms with Gasteiger partial charge in [0.2, 0.25) is 0 Å². The summed E-state index contributed by atoms with van der Waals surface area (Å²) in [7, 11) is 0. The number of hydrogen-bond donors (Lipinski definition) is 2. The minimum atomic E-state index is -1.07.